The first-order valence-corrected chi connectivity index (χ1v) is 6.52. The fourth-order valence-electron chi connectivity index (χ4n) is 2.39. The molecule has 6 heteroatoms. The molecule has 18 heavy (non-hydrogen) atoms. The summed E-state index contributed by atoms with van der Waals surface area (Å²) in [6.07, 6.45) is 4.32. The second kappa shape index (κ2) is 4.93. The largest absolute Gasteiger partial charge is 0.366 e. The van der Waals surface area contributed by atoms with Crippen molar-refractivity contribution in [1.29, 1.82) is 0 Å². The highest BCUT2D eigenvalue weighted by atomic mass is 16.5. The Balaban J connectivity index is 1.93. The maximum Gasteiger partial charge on any atom is 0.200 e. The molecule has 2 rings (SSSR count). The topological polar surface area (TPSA) is 78.8 Å². The highest BCUT2D eigenvalue weighted by Crippen LogP contribution is 2.41. The minimum atomic E-state index is -0.200. The predicted octanol–water partition coefficient (Wildman–Crippen LogP) is 1.02. The summed E-state index contributed by atoms with van der Waals surface area (Å²) in [5.74, 6) is 0.621. The summed E-state index contributed by atoms with van der Waals surface area (Å²) in [5, 5.41) is 11.8. The van der Waals surface area contributed by atoms with E-state index in [4.69, 9.17) is 10.5 Å². The molecule has 0 atom stereocenters. The Morgan fingerprint density at radius 1 is 1.28 bits per heavy atom. The Labute approximate surface area is 108 Å². The summed E-state index contributed by atoms with van der Waals surface area (Å²) in [7, 11) is 1.75. The number of hydrogen-bond acceptors (Lipinski definition) is 5. The van der Waals surface area contributed by atoms with Gasteiger partial charge in [0, 0.05) is 6.54 Å². The molecule has 102 valence electrons. The fourth-order valence-corrected chi connectivity index (χ4v) is 2.39. The molecule has 1 aromatic rings. The molecule has 0 saturated heterocycles. The van der Waals surface area contributed by atoms with Crippen LogP contribution in [0.4, 0.5) is 0 Å². The van der Waals surface area contributed by atoms with Crippen molar-refractivity contribution in [3.05, 3.63) is 5.82 Å². The van der Waals surface area contributed by atoms with E-state index in [1.165, 1.54) is 4.80 Å². The van der Waals surface area contributed by atoms with Gasteiger partial charge in [-0.25, -0.2) is 0 Å². The van der Waals surface area contributed by atoms with Gasteiger partial charge < -0.3 is 10.5 Å². The number of nitrogens with zero attached hydrogens (tertiary/aromatic N) is 4. The van der Waals surface area contributed by atoms with Crippen LogP contribution in [0.1, 0.15) is 45.4 Å². The monoisotopic (exact) mass is 253 g/mol. The summed E-state index contributed by atoms with van der Waals surface area (Å²) in [6, 6.07) is 0. The van der Waals surface area contributed by atoms with Crippen LogP contribution in [-0.2, 0) is 18.4 Å². The number of nitrogens with two attached hydrogens (primary N) is 1. The van der Waals surface area contributed by atoms with Gasteiger partial charge in [0.05, 0.1) is 12.6 Å². The summed E-state index contributed by atoms with van der Waals surface area (Å²) < 4.78 is 6.01. The molecule has 0 radical (unpaired) electrons. The maximum absolute atomic E-state index is 6.01. The molecular formula is C12H23N5O. The second-order valence-electron chi connectivity index (χ2n) is 6.04. The fraction of sp³-hybridized carbons (Fsp3) is 0.917. The van der Waals surface area contributed by atoms with Gasteiger partial charge in [-0.15, -0.1) is 10.2 Å². The summed E-state index contributed by atoms with van der Waals surface area (Å²) in [5.41, 5.74) is 6.12. The second-order valence-corrected chi connectivity index (χ2v) is 6.04. The third-order valence-electron chi connectivity index (χ3n) is 3.94. The third-order valence-corrected chi connectivity index (χ3v) is 3.94. The van der Waals surface area contributed by atoms with Crippen molar-refractivity contribution in [2.75, 3.05) is 6.54 Å². The summed E-state index contributed by atoms with van der Waals surface area (Å²) in [4.78, 5) is 1.44. The van der Waals surface area contributed by atoms with Crippen molar-refractivity contribution < 1.29 is 4.74 Å². The zero-order chi connectivity index (χ0) is 13.2. The first-order chi connectivity index (χ1) is 8.45. The number of hydrogen-bond donors (Lipinski definition) is 1. The number of aromatic nitrogens is 4. The lowest BCUT2D eigenvalue weighted by atomic mass is 9.71. The van der Waals surface area contributed by atoms with Crippen molar-refractivity contribution in [3.63, 3.8) is 0 Å². The van der Waals surface area contributed by atoms with E-state index in [1.807, 2.05) is 0 Å². The lowest BCUT2D eigenvalue weighted by Gasteiger charge is -2.42. The van der Waals surface area contributed by atoms with E-state index in [2.05, 4.69) is 29.3 Å². The first kappa shape index (κ1) is 13.4. The number of tetrazole rings is 1. The molecule has 0 bridgehead atoms. The van der Waals surface area contributed by atoms with Crippen LogP contribution in [-0.4, -0.2) is 32.4 Å². The molecule has 1 aromatic heterocycles. The lowest BCUT2D eigenvalue weighted by molar-refractivity contribution is -0.0924. The summed E-state index contributed by atoms with van der Waals surface area (Å²) in [6.45, 7) is 5.56. The van der Waals surface area contributed by atoms with Gasteiger partial charge in [-0.1, -0.05) is 13.8 Å². The maximum atomic E-state index is 6.01. The van der Waals surface area contributed by atoms with Crippen molar-refractivity contribution in [2.45, 2.75) is 51.7 Å². The smallest absolute Gasteiger partial charge is 0.200 e. The number of aryl methyl sites for hydroxylation is 1. The average Bonchev–Trinajstić information content (AvgIpc) is 2.75. The highest BCUT2D eigenvalue weighted by molar-refractivity contribution is 4.92. The first-order valence-electron chi connectivity index (χ1n) is 6.52. The van der Waals surface area contributed by atoms with Gasteiger partial charge in [0.2, 0.25) is 0 Å². The van der Waals surface area contributed by atoms with E-state index >= 15 is 0 Å². The Hall–Kier alpha value is -1.01. The molecule has 0 amide bonds. The quantitative estimate of drug-likeness (QED) is 0.866. The van der Waals surface area contributed by atoms with E-state index in [1.54, 1.807) is 7.05 Å². The zero-order valence-corrected chi connectivity index (χ0v) is 11.5. The lowest BCUT2D eigenvalue weighted by Crippen LogP contribution is -2.45. The molecule has 1 heterocycles. The van der Waals surface area contributed by atoms with Crippen molar-refractivity contribution >= 4 is 0 Å². The van der Waals surface area contributed by atoms with E-state index in [-0.39, 0.29) is 5.60 Å². The Kier molecular flexibility index (Phi) is 3.68. The molecule has 0 aliphatic heterocycles. The molecule has 1 aliphatic carbocycles. The molecule has 0 spiro atoms. The normalized spacial score (nSPS) is 22.0. The Morgan fingerprint density at radius 3 is 2.44 bits per heavy atom. The van der Waals surface area contributed by atoms with Gasteiger partial charge in [-0.05, 0) is 36.3 Å². The van der Waals surface area contributed by atoms with Gasteiger partial charge in [0.25, 0.3) is 0 Å². The van der Waals surface area contributed by atoms with Crippen LogP contribution in [0.5, 0.6) is 0 Å². The Morgan fingerprint density at radius 2 is 1.94 bits per heavy atom. The molecular weight excluding hydrogens is 230 g/mol. The van der Waals surface area contributed by atoms with Gasteiger partial charge in [0.15, 0.2) is 5.82 Å². The van der Waals surface area contributed by atoms with Gasteiger partial charge in [0.1, 0.15) is 6.61 Å². The molecule has 1 saturated carbocycles. The molecule has 1 aliphatic rings. The Bertz CT molecular complexity index is 391. The predicted molar refractivity (Wildman–Crippen MR) is 67.6 cm³/mol. The van der Waals surface area contributed by atoms with Gasteiger partial charge in [-0.2, -0.15) is 4.80 Å². The van der Waals surface area contributed by atoms with E-state index in [0.717, 1.165) is 25.7 Å². The van der Waals surface area contributed by atoms with Crippen LogP contribution in [0.3, 0.4) is 0 Å². The minimum absolute atomic E-state index is 0.200. The molecule has 0 unspecified atom stereocenters. The van der Waals surface area contributed by atoms with Crippen molar-refractivity contribution in [1.82, 2.24) is 20.2 Å². The number of ether oxygens (including phenoxy) is 1. The molecule has 2 N–H and O–H groups in total. The molecule has 0 aromatic carbocycles. The van der Waals surface area contributed by atoms with E-state index in [0.29, 0.717) is 24.4 Å². The van der Waals surface area contributed by atoms with Crippen LogP contribution in [0, 0.1) is 5.41 Å². The van der Waals surface area contributed by atoms with Crippen LogP contribution in [0.25, 0.3) is 0 Å². The van der Waals surface area contributed by atoms with Crippen molar-refractivity contribution in [2.24, 2.45) is 18.2 Å². The SMILES string of the molecule is Cn1nnc(COC2(CN)CCC(C)(C)CC2)n1. The van der Waals surface area contributed by atoms with Gasteiger partial charge in [-0.3, -0.25) is 0 Å². The van der Waals surface area contributed by atoms with Crippen LogP contribution >= 0.6 is 0 Å². The van der Waals surface area contributed by atoms with Crippen LogP contribution in [0.15, 0.2) is 0 Å². The molecule has 1 fully saturated rings. The highest BCUT2D eigenvalue weighted by Gasteiger charge is 2.38. The van der Waals surface area contributed by atoms with E-state index < -0.39 is 0 Å². The standard InChI is InChI=1S/C12H23N5O/c1-11(2)4-6-12(9-13,7-5-11)18-8-10-14-16-17(3)15-10/h4-9,13H2,1-3H3. The van der Waals surface area contributed by atoms with Crippen molar-refractivity contribution in [3.8, 4) is 0 Å². The third kappa shape index (κ3) is 3.05. The van der Waals surface area contributed by atoms with Crippen LogP contribution < -0.4 is 5.73 Å². The zero-order valence-electron chi connectivity index (χ0n) is 11.5. The number of rotatable bonds is 4. The van der Waals surface area contributed by atoms with E-state index in [9.17, 15) is 0 Å². The molecule has 6 nitrogen and oxygen atoms in total. The average molecular weight is 253 g/mol. The van der Waals surface area contributed by atoms with Crippen LogP contribution in [0.2, 0.25) is 0 Å². The van der Waals surface area contributed by atoms with Gasteiger partial charge >= 0.3 is 0 Å². The minimum Gasteiger partial charge on any atom is -0.366 e. The summed E-state index contributed by atoms with van der Waals surface area (Å²) >= 11 is 0.